The molecule has 0 radical (unpaired) electrons. The first-order chi connectivity index (χ1) is 21.1. The quantitative estimate of drug-likeness (QED) is 0.0484. The predicted molar refractivity (Wildman–Crippen MR) is 199 cm³/mol. The van der Waals surface area contributed by atoms with Crippen LogP contribution in [-0.2, 0) is 0 Å². The Hall–Kier alpha value is -0.0400. The molecule has 0 aromatic rings. The lowest BCUT2D eigenvalue weighted by Crippen LogP contribution is -2.35. The number of hydrogen-bond acceptors (Lipinski definition) is 0. The van der Waals surface area contributed by atoms with E-state index >= 15 is 0 Å². The zero-order valence-electron chi connectivity index (χ0n) is 31.3. The molecule has 43 heavy (non-hydrogen) atoms. The number of nitrogens with zero attached hydrogens (tertiary/aromatic N) is 1. The minimum absolute atomic E-state index is 1.12. The van der Waals surface area contributed by atoms with Crippen LogP contribution in [0, 0.1) is 0 Å². The van der Waals surface area contributed by atoms with E-state index in [1.807, 2.05) is 0 Å². The van der Waals surface area contributed by atoms with E-state index in [2.05, 4.69) is 28.1 Å². The van der Waals surface area contributed by atoms with Gasteiger partial charge < -0.3 is 4.48 Å². The van der Waals surface area contributed by atoms with Gasteiger partial charge in [-0.05, 0) is 12.8 Å². The van der Waals surface area contributed by atoms with Crippen LogP contribution < -0.4 is 0 Å². The summed E-state index contributed by atoms with van der Waals surface area (Å²) in [4.78, 5) is 0. The molecule has 0 amide bonds. The molecule has 0 saturated carbocycles. The van der Waals surface area contributed by atoms with E-state index in [-0.39, 0.29) is 0 Å². The van der Waals surface area contributed by atoms with E-state index in [0.717, 1.165) is 4.48 Å². The largest absolute Gasteiger partial charge is 0.331 e. The van der Waals surface area contributed by atoms with Crippen molar-refractivity contribution in [2.45, 2.75) is 244 Å². The maximum absolute atomic E-state index is 2.31. The second-order valence-corrected chi connectivity index (χ2v) is 15.7. The summed E-state index contributed by atoms with van der Waals surface area (Å²) < 4.78 is 1.12. The van der Waals surface area contributed by atoms with E-state index in [1.54, 1.807) is 0 Å². The van der Waals surface area contributed by atoms with Gasteiger partial charge in [0, 0.05) is 0 Å². The van der Waals surface area contributed by atoms with E-state index in [9.17, 15) is 0 Å². The van der Waals surface area contributed by atoms with Crippen LogP contribution in [0.1, 0.15) is 244 Å². The van der Waals surface area contributed by atoms with Crippen LogP contribution in [0.3, 0.4) is 0 Å². The maximum atomic E-state index is 2.31. The molecule has 0 atom stereocenters. The van der Waals surface area contributed by atoms with Crippen molar-refractivity contribution in [1.82, 2.24) is 0 Å². The third-order valence-corrected chi connectivity index (χ3v) is 9.93. The average Bonchev–Trinajstić information content (AvgIpc) is 2.98. The number of rotatable bonds is 38. The smallest absolute Gasteiger partial charge is 0.0780 e. The van der Waals surface area contributed by atoms with Crippen molar-refractivity contribution >= 4 is 0 Å². The SMILES string of the molecule is CCCCCCCCCCCCCCCCCCCCCCCCCCCCCCCCCCCCCCC[N+](C)(C)C. The molecule has 0 rings (SSSR count). The van der Waals surface area contributed by atoms with Gasteiger partial charge in [0.15, 0.2) is 0 Å². The first-order valence-corrected chi connectivity index (χ1v) is 20.9. The zero-order valence-corrected chi connectivity index (χ0v) is 31.3. The van der Waals surface area contributed by atoms with Crippen LogP contribution in [0.15, 0.2) is 0 Å². The Balaban J connectivity index is 3.05. The summed E-state index contributed by atoms with van der Waals surface area (Å²) in [5.41, 5.74) is 0. The topological polar surface area (TPSA) is 0 Å². The van der Waals surface area contributed by atoms with Gasteiger partial charge >= 0.3 is 0 Å². The minimum Gasteiger partial charge on any atom is -0.331 e. The van der Waals surface area contributed by atoms with Crippen molar-refractivity contribution in [3.05, 3.63) is 0 Å². The summed E-state index contributed by atoms with van der Waals surface area (Å²) in [7, 11) is 6.93. The Labute approximate surface area is 276 Å². The molecule has 0 aliphatic heterocycles. The summed E-state index contributed by atoms with van der Waals surface area (Å²) >= 11 is 0. The normalized spacial score (nSPS) is 12.0. The van der Waals surface area contributed by atoms with Gasteiger partial charge in [-0.3, -0.25) is 0 Å². The molecule has 260 valence electrons. The van der Waals surface area contributed by atoms with Crippen LogP contribution in [0.25, 0.3) is 0 Å². The van der Waals surface area contributed by atoms with Gasteiger partial charge in [0.1, 0.15) is 0 Å². The first kappa shape index (κ1) is 43.0. The van der Waals surface area contributed by atoms with E-state index < -0.39 is 0 Å². The van der Waals surface area contributed by atoms with Gasteiger partial charge in [0.25, 0.3) is 0 Å². The summed E-state index contributed by atoms with van der Waals surface area (Å²) in [5, 5.41) is 0. The summed E-state index contributed by atoms with van der Waals surface area (Å²) in [6, 6.07) is 0. The molecule has 0 aromatic carbocycles. The Bertz CT molecular complexity index is 478. The Morgan fingerprint density at radius 3 is 0.488 bits per heavy atom. The lowest BCUT2D eigenvalue weighted by molar-refractivity contribution is -0.870. The standard InChI is InChI=1S/C42H88N/c1-5-6-7-8-9-10-11-12-13-14-15-16-17-18-19-20-21-22-23-24-25-26-27-28-29-30-31-32-33-34-35-36-37-38-39-40-41-42-43(2,3)4/h5-42H2,1-4H3/q+1. The number of unbranched alkanes of at least 4 members (excludes halogenated alkanes) is 36. The lowest BCUT2D eigenvalue weighted by atomic mass is 10.0. The Morgan fingerprint density at radius 1 is 0.209 bits per heavy atom. The van der Waals surface area contributed by atoms with Gasteiger partial charge in [-0.2, -0.15) is 0 Å². The second kappa shape index (κ2) is 36.4. The third kappa shape index (κ3) is 42.0. The fraction of sp³-hybridized carbons (Fsp3) is 1.00. The minimum atomic E-state index is 1.12. The highest BCUT2D eigenvalue weighted by Crippen LogP contribution is 2.17. The molecule has 0 N–H and O–H groups in total. The highest BCUT2D eigenvalue weighted by molar-refractivity contribution is 4.53. The molecule has 0 aliphatic rings. The molecular weight excluding hydrogens is 518 g/mol. The monoisotopic (exact) mass is 607 g/mol. The van der Waals surface area contributed by atoms with Crippen LogP contribution in [-0.4, -0.2) is 32.2 Å². The fourth-order valence-electron chi connectivity index (χ4n) is 6.85. The Kier molecular flexibility index (Phi) is 36.4. The van der Waals surface area contributed by atoms with Crippen molar-refractivity contribution in [3.63, 3.8) is 0 Å². The second-order valence-electron chi connectivity index (χ2n) is 15.7. The van der Waals surface area contributed by atoms with E-state index in [1.165, 1.54) is 244 Å². The maximum Gasteiger partial charge on any atom is 0.0780 e. The average molecular weight is 607 g/mol. The molecule has 0 fully saturated rings. The molecule has 0 saturated heterocycles. The van der Waals surface area contributed by atoms with E-state index in [4.69, 9.17) is 0 Å². The third-order valence-electron chi connectivity index (χ3n) is 9.93. The summed E-state index contributed by atoms with van der Waals surface area (Å²) in [6.07, 6.45) is 54.8. The highest BCUT2D eigenvalue weighted by atomic mass is 15.3. The highest BCUT2D eigenvalue weighted by Gasteiger charge is 2.05. The van der Waals surface area contributed by atoms with Gasteiger partial charge in [-0.1, -0.05) is 232 Å². The van der Waals surface area contributed by atoms with Gasteiger partial charge in [0.05, 0.1) is 27.7 Å². The number of quaternary nitrogens is 1. The lowest BCUT2D eigenvalue weighted by Gasteiger charge is -2.23. The zero-order chi connectivity index (χ0) is 31.4. The van der Waals surface area contributed by atoms with Crippen molar-refractivity contribution in [2.24, 2.45) is 0 Å². The van der Waals surface area contributed by atoms with Crippen molar-refractivity contribution < 1.29 is 4.48 Å². The molecule has 0 aromatic heterocycles. The molecular formula is C42H88N+. The van der Waals surface area contributed by atoms with Crippen LogP contribution in [0.4, 0.5) is 0 Å². The molecule has 1 nitrogen and oxygen atoms in total. The van der Waals surface area contributed by atoms with Crippen molar-refractivity contribution in [2.75, 3.05) is 27.7 Å². The fourth-order valence-corrected chi connectivity index (χ4v) is 6.85. The molecule has 0 spiro atoms. The van der Waals surface area contributed by atoms with Crippen molar-refractivity contribution in [3.8, 4) is 0 Å². The van der Waals surface area contributed by atoms with Crippen LogP contribution in [0.5, 0.6) is 0 Å². The van der Waals surface area contributed by atoms with Gasteiger partial charge in [-0.25, -0.2) is 0 Å². The molecule has 1 heteroatoms. The summed E-state index contributed by atoms with van der Waals surface area (Å²) in [6.45, 7) is 3.64. The summed E-state index contributed by atoms with van der Waals surface area (Å²) in [5.74, 6) is 0. The molecule has 0 heterocycles. The van der Waals surface area contributed by atoms with E-state index in [0.29, 0.717) is 0 Å². The first-order valence-electron chi connectivity index (χ1n) is 20.9. The van der Waals surface area contributed by atoms with Crippen molar-refractivity contribution in [1.29, 1.82) is 0 Å². The molecule has 0 unspecified atom stereocenters. The number of hydrogen-bond donors (Lipinski definition) is 0. The van der Waals surface area contributed by atoms with Gasteiger partial charge in [-0.15, -0.1) is 0 Å². The molecule has 0 aliphatic carbocycles. The molecule has 0 bridgehead atoms. The Morgan fingerprint density at radius 2 is 0.349 bits per heavy atom. The van der Waals surface area contributed by atoms with Crippen LogP contribution >= 0.6 is 0 Å². The van der Waals surface area contributed by atoms with Crippen LogP contribution in [0.2, 0.25) is 0 Å². The van der Waals surface area contributed by atoms with Gasteiger partial charge in [0.2, 0.25) is 0 Å². The predicted octanol–water partition coefficient (Wildman–Crippen LogP) is 15.1.